The first kappa shape index (κ1) is 22.3. The van der Waals surface area contributed by atoms with Crippen molar-refractivity contribution in [1.29, 1.82) is 0 Å². The minimum Gasteiger partial charge on any atom is -0.338 e. The van der Waals surface area contributed by atoms with E-state index in [-0.39, 0.29) is 18.2 Å². The van der Waals surface area contributed by atoms with E-state index in [9.17, 15) is 9.59 Å². The molecular weight excluding hydrogens is 444 g/mol. The number of aromatic nitrogens is 2. The van der Waals surface area contributed by atoms with Crippen molar-refractivity contribution in [2.45, 2.75) is 26.7 Å². The summed E-state index contributed by atoms with van der Waals surface area (Å²) >= 11 is 1.52. The van der Waals surface area contributed by atoms with Gasteiger partial charge in [-0.3, -0.25) is 14.0 Å². The summed E-state index contributed by atoms with van der Waals surface area (Å²) in [6.45, 7) is 5.88. The molecular formula is C27H28N4O2S. The van der Waals surface area contributed by atoms with Crippen molar-refractivity contribution in [1.82, 2.24) is 14.3 Å². The lowest BCUT2D eigenvalue weighted by atomic mass is 9.91. The molecule has 0 spiro atoms. The Labute approximate surface area is 203 Å². The van der Waals surface area contributed by atoms with Crippen LogP contribution in [0, 0.1) is 11.8 Å². The number of rotatable bonds is 5. The summed E-state index contributed by atoms with van der Waals surface area (Å²) in [4.78, 5) is 33.7. The molecule has 2 unspecified atom stereocenters. The van der Waals surface area contributed by atoms with Gasteiger partial charge in [-0.2, -0.15) is 0 Å². The highest BCUT2D eigenvalue weighted by Gasteiger charge is 2.27. The van der Waals surface area contributed by atoms with Crippen molar-refractivity contribution in [2.75, 3.05) is 18.4 Å². The first-order valence-electron chi connectivity index (χ1n) is 11.7. The lowest BCUT2D eigenvalue weighted by molar-refractivity contribution is -0.115. The van der Waals surface area contributed by atoms with Crippen LogP contribution >= 0.6 is 11.3 Å². The van der Waals surface area contributed by atoms with Crippen molar-refractivity contribution < 1.29 is 9.59 Å². The highest BCUT2D eigenvalue weighted by atomic mass is 32.1. The smallest absolute Gasteiger partial charge is 0.255 e. The monoisotopic (exact) mass is 472 g/mol. The number of carbonyl (C=O) groups is 2. The van der Waals surface area contributed by atoms with Crippen LogP contribution in [0.2, 0.25) is 0 Å². The van der Waals surface area contributed by atoms with Gasteiger partial charge in [0, 0.05) is 35.9 Å². The number of benzene rings is 2. The largest absolute Gasteiger partial charge is 0.338 e. The molecule has 5 rings (SSSR count). The number of thiazole rings is 1. The fourth-order valence-electron chi connectivity index (χ4n) is 4.84. The van der Waals surface area contributed by atoms with Gasteiger partial charge in [-0.15, -0.1) is 11.3 Å². The van der Waals surface area contributed by atoms with Crippen molar-refractivity contribution >= 4 is 33.8 Å². The summed E-state index contributed by atoms with van der Waals surface area (Å²) in [7, 11) is 0. The van der Waals surface area contributed by atoms with Crippen LogP contribution in [0.25, 0.3) is 16.2 Å². The van der Waals surface area contributed by atoms with E-state index in [4.69, 9.17) is 4.98 Å². The van der Waals surface area contributed by atoms with Crippen molar-refractivity contribution in [3.8, 4) is 11.3 Å². The molecule has 2 amide bonds. The summed E-state index contributed by atoms with van der Waals surface area (Å²) in [6, 6.07) is 17.3. The van der Waals surface area contributed by atoms with Crippen LogP contribution in [0.4, 0.5) is 5.69 Å². The molecule has 1 fully saturated rings. The van der Waals surface area contributed by atoms with E-state index in [1.54, 1.807) is 12.1 Å². The lowest BCUT2D eigenvalue weighted by Gasteiger charge is -2.35. The molecule has 2 atom stereocenters. The van der Waals surface area contributed by atoms with E-state index in [0.717, 1.165) is 41.4 Å². The predicted molar refractivity (Wildman–Crippen MR) is 136 cm³/mol. The summed E-state index contributed by atoms with van der Waals surface area (Å²) in [6.07, 6.45) is 3.31. The van der Waals surface area contributed by atoms with Crippen LogP contribution in [0.5, 0.6) is 0 Å². The second kappa shape index (κ2) is 9.43. The molecule has 6 nitrogen and oxygen atoms in total. The van der Waals surface area contributed by atoms with E-state index in [0.29, 0.717) is 23.1 Å². The van der Waals surface area contributed by atoms with Crippen molar-refractivity contribution in [2.24, 2.45) is 11.8 Å². The SMILES string of the molecule is CC1CC(C)CN(C(=O)c2ccccc2NC(=O)Cc2csc3nc(-c4ccccc4)cn23)C1. The van der Waals surface area contributed by atoms with Crippen LogP contribution in [-0.2, 0) is 11.2 Å². The zero-order valence-electron chi connectivity index (χ0n) is 19.4. The molecule has 2 aromatic heterocycles. The standard InChI is InChI=1S/C27H28N4O2S/c1-18-12-19(2)15-30(14-18)26(33)22-10-6-7-11-23(22)28-25(32)13-21-17-34-27-29-24(16-31(21)27)20-8-4-3-5-9-20/h3-11,16-19H,12-15H2,1-2H3,(H,28,32). The highest BCUT2D eigenvalue weighted by molar-refractivity contribution is 7.15. The predicted octanol–water partition coefficient (Wildman–Crippen LogP) is 5.36. The fourth-order valence-corrected chi connectivity index (χ4v) is 5.71. The van der Waals surface area contributed by atoms with Crippen LogP contribution in [-0.4, -0.2) is 39.2 Å². The molecule has 0 radical (unpaired) electrons. The number of imidazole rings is 1. The molecule has 34 heavy (non-hydrogen) atoms. The Morgan fingerprint density at radius 2 is 1.74 bits per heavy atom. The van der Waals surface area contributed by atoms with Gasteiger partial charge in [0.2, 0.25) is 5.91 Å². The number of likely N-dealkylation sites (tertiary alicyclic amines) is 1. The zero-order chi connectivity index (χ0) is 23.7. The van der Waals surface area contributed by atoms with Crippen LogP contribution in [0.15, 0.2) is 66.2 Å². The first-order valence-corrected chi connectivity index (χ1v) is 12.5. The Morgan fingerprint density at radius 3 is 2.50 bits per heavy atom. The summed E-state index contributed by atoms with van der Waals surface area (Å²) in [5, 5.41) is 4.94. The number of anilines is 1. The molecule has 2 aromatic carbocycles. The third-order valence-corrected chi connectivity index (χ3v) is 7.17. The van der Waals surface area contributed by atoms with Crippen LogP contribution in [0.1, 0.15) is 36.3 Å². The van der Waals surface area contributed by atoms with Crippen LogP contribution in [0.3, 0.4) is 0 Å². The topological polar surface area (TPSA) is 66.7 Å². The molecule has 1 N–H and O–H groups in total. The van der Waals surface area contributed by atoms with Gasteiger partial charge < -0.3 is 10.2 Å². The van der Waals surface area contributed by atoms with E-state index in [1.807, 2.05) is 63.3 Å². The van der Waals surface area contributed by atoms with Crippen molar-refractivity contribution in [3.63, 3.8) is 0 Å². The van der Waals surface area contributed by atoms with Crippen LogP contribution < -0.4 is 5.32 Å². The van der Waals surface area contributed by atoms with Gasteiger partial charge in [0.25, 0.3) is 5.91 Å². The quantitative estimate of drug-likeness (QED) is 0.425. The van der Waals surface area contributed by atoms with E-state index in [1.165, 1.54) is 11.3 Å². The van der Waals surface area contributed by atoms with Gasteiger partial charge in [0.05, 0.1) is 23.4 Å². The summed E-state index contributed by atoms with van der Waals surface area (Å²) in [5.74, 6) is 0.780. The molecule has 174 valence electrons. The normalized spacial score (nSPS) is 18.2. The number of para-hydroxylation sites is 1. The Morgan fingerprint density at radius 1 is 1.03 bits per heavy atom. The number of fused-ring (bicyclic) bond motifs is 1. The molecule has 4 aromatic rings. The minimum atomic E-state index is -0.157. The molecule has 0 aliphatic carbocycles. The Bertz CT molecular complexity index is 1320. The average molecular weight is 473 g/mol. The third kappa shape index (κ3) is 4.61. The lowest BCUT2D eigenvalue weighted by Crippen LogP contribution is -2.42. The molecule has 1 saturated heterocycles. The third-order valence-electron chi connectivity index (χ3n) is 6.28. The number of amides is 2. The fraction of sp³-hybridized carbons (Fsp3) is 0.296. The highest BCUT2D eigenvalue weighted by Crippen LogP contribution is 2.26. The first-order chi connectivity index (χ1) is 16.5. The molecule has 0 saturated carbocycles. The van der Waals surface area contributed by atoms with E-state index < -0.39 is 0 Å². The van der Waals surface area contributed by atoms with Gasteiger partial charge in [-0.1, -0.05) is 56.3 Å². The average Bonchev–Trinajstić information content (AvgIpc) is 3.41. The zero-order valence-corrected chi connectivity index (χ0v) is 20.2. The number of piperidine rings is 1. The van der Waals surface area contributed by atoms with E-state index >= 15 is 0 Å². The molecule has 1 aliphatic rings. The van der Waals surface area contributed by atoms with Gasteiger partial charge in [0.1, 0.15) is 0 Å². The minimum absolute atomic E-state index is 0.0191. The Hall–Kier alpha value is -3.45. The van der Waals surface area contributed by atoms with Gasteiger partial charge >= 0.3 is 0 Å². The molecule has 1 aliphatic heterocycles. The maximum Gasteiger partial charge on any atom is 0.255 e. The molecule has 0 bridgehead atoms. The van der Waals surface area contributed by atoms with Gasteiger partial charge in [-0.25, -0.2) is 4.98 Å². The maximum atomic E-state index is 13.3. The second-order valence-corrected chi connectivity index (χ2v) is 10.1. The number of carbonyl (C=O) groups excluding carboxylic acids is 2. The number of nitrogens with one attached hydrogen (secondary N) is 1. The number of hydrogen-bond donors (Lipinski definition) is 1. The Kier molecular flexibility index (Phi) is 6.20. The molecule has 3 heterocycles. The summed E-state index contributed by atoms with van der Waals surface area (Å²) in [5.41, 5.74) is 3.90. The van der Waals surface area contributed by atoms with Gasteiger partial charge in [0.15, 0.2) is 4.96 Å². The number of hydrogen-bond acceptors (Lipinski definition) is 4. The summed E-state index contributed by atoms with van der Waals surface area (Å²) < 4.78 is 1.97. The van der Waals surface area contributed by atoms with E-state index in [2.05, 4.69) is 19.2 Å². The second-order valence-electron chi connectivity index (χ2n) is 9.30. The Balaban J connectivity index is 1.32. The maximum absolute atomic E-state index is 13.3. The molecule has 7 heteroatoms. The van der Waals surface area contributed by atoms with Crippen molar-refractivity contribution in [3.05, 3.63) is 77.4 Å². The van der Waals surface area contributed by atoms with Gasteiger partial charge in [-0.05, 0) is 30.4 Å². The number of nitrogens with zero attached hydrogens (tertiary/aromatic N) is 3.